The maximum atomic E-state index is 12.2. The number of carbonyl (C=O) groups excluding carboxylic acids is 2. The first kappa shape index (κ1) is 22.8. The zero-order valence-corrected chi connectivity index (χ0v) is 15.7. The van der Waals surface area contributed by atoms with Crippen LogP contribution in [0.3, 0.4) is 0 Å². The average molecular weight is 346 g/mol. The maximum absolute atomic E-state index is 12.2. The van der Waals surface area contributed by atoms with Crippen LogP contribution in [0.25, 0.3) is 0 Å². The zero-order chi connectivity index (χ0) is 18.4. The molecule has 0 heterocycles. The second-order valence-corrected chi connectivity index (χ2v) is 6.37. The van der Waals surface area contributed by atoms with E-state index in [1.54, 1.807) is 7.11 Å². The van der Waals surface area contributed by atoms with Crippen LogP contribution in [-0.2, 0) is 19.0 Å². The number of alkyl carbamates (subject to hydrolysis) is 1. The molecule has 0 radical (unpaired) electrons. The van der Waals surface area contributed by atoms with Gasteiger partial charge >= 0.3 is 6.09 Å². The topological polar surface area (TPSA) is 85.9 Å². The first-order valence-electron chi connectivity index (χ1n) is 8.62. The van der Waals surface area contributed by atoms with Gasteiger partial charge in [0.05, 0.1) is 25.9 Å². The van der Waals surface area contributed by atoms with Crippen LogP contribution in [-0.4, -0.2) is 64.5 Å². The van der Waals surface area contributed by atoms with Gasteiger partial charge in [-0.2, -0.15) is 0 Å². The second kappa shape index (κ2) is 14.2. The number of hydrogen-bond donors (Lipinski definition) is 2. The predicted octanol–water partition coefficient (Wildman–Crippen LogP) is 1.61. The highest BCUT2D eigenvalue weighted by atomic mass is 16.6. The van der Waals surface area contributed by atoms with Crippen LogP contribution < -0.4 is 10.6 Å². The van der Waals surface area contributed by atoms with E-state index in [2.05, 4.69) is 24.5 Å². The van der Waals surface area contributed by atoms with Gasteiger partial charge in [0.2, 0.25) is 0 Å². The summed E-state index contributed by atoms with van der Waals surface area (Å²) in [5, 5.41) is 5.94. The summed E-state index contributed by atoms with van der Waals surface area (Å²) in [6, 6.07) is -0.245. The summed E-state index contributed by atoms with van der Waals surface area (Å²) in [6.07, 6.45) is 0.0494. The Morgan fingerprint density at radius 2 is 1.67 bits per heavy atom. The lowest BCUT2D eigenvalue weighted by Crippen LogP contribution is -2.43. The van der Waals surface area contributed by atoms with Crippen LogP contribution in [0.5, 0.6) is 0 Å². The van der Waals surface area contributed by atoms with Gasteiger partial charge in [0.15, 0.2) is 5.78 Å². The normalized spacial score (nSPS) is 12.5. The fraction of sp³-hybridized carbons (Fsp3) is 0.882. The summed E-state index contributed by atoms with van der Waals surface area (Å²) in [7, 11) is 1.60. The van der Waals surface area contributed by atoms with Crippen LogP contribution in [0.2, 0.25) is 0 Å². The van der Waals surface area contributed by atoms with Crippen molar-refractivity contribution in [3.63, 3.8) is 0 Å². The van der Waals surface area contributed by atoms with Crippen molar-refractivity contribution in [2.24, 2.45) is 11.8 Å². The Bertz CT molecular complexity index is 348. The van der Waals surface area contributed by atoms with Crippen molar-refractivity contribution in [2.45, 2.75) is 40.2 Å². The smallest absolute Gasteiger partial charge is 0.407 e. The molecule has 0 aliphatic heterocycles. The van der Waals surface area contributed by atoms with Crippen LogP contribution in [0.4, 0.5) is 4.79 Å². The first-order valence-corrected chi connectivity index (χ1v) is 8.62. The van der Waals surface area contributed by atoms with E-state index < -0.39 is 6.09 Å². The third kappa shape index (κ3) is 12.3. The minimum absolute atomic E-state index is 0.0362. The molecule has 0 aromatic carbocycles. The number of ketones is 1. The van der Waals surface area contributed by atoms with Crippen molar-refractivity contribution in [1.82, 2.24) is 10.6 Å². The number of nitrogens with one attached hydrogen (secondary N) is 2. The number of amides is 1. The Hall–Kier alpha value is -1.18. The molecule has 1 unspecified atom stereocenters. The molecule has 1 atom stereocenters. The van der Waals surface area contributed by atoms with Crippen molar-refractivity contribution >= 4 is 11.9 Å². The van der Waals surface area contributed by atoms with Gasteiger partial charge in [-0.1, -0.05) is 27.7 Å². The third-order valence-corrected chi connectivity index (χ3v) is 3.28. The molecule has 2 N–H and O–H groups in total. The molecule has 0 bridgehead atoms. The molecule has 0 saturated heterocycles. The fourth-order valence-electron chi connectivity index (χ4n) is 1.93. The number of rotatable bonds is 14. The van der Waals surface area contributed by atoms with Crippen LogP contribution in [0.15, 0.2) is 0 Å². The standard InChI is InChI=1S/C17H34N2O5/c1-13(2)12-19-15(16(20)14(3)4)6-7-18-17(21)24-11-10-23-9-8-22-5/h13-15,19H,6-12H2,1-5H3,(H,18,21). The van der Waals surface area contributed by atoms with E-state index in [1.807, 2.05) is 13.8 Å². The van der Waals surface area contributed by atoms with Gasteiger partial charge in [-0.15, -0.1) is 0 Å². The molecule has 0 rings (SSSR count). The molecule has 142 valence electrons. The highest BCUT2D eigenvalue weighted by Crippen LogP contribution is 2.04. The number of Topliss-reactive ketones (excluding diaryl/α,β-unsaturated/α-hetero) is 1. The summed E-state index contributed by atoms with van der Waals surface area (Å²) in [6.45, 7) is 10.6. The Morgan fingerprint density at radius 3 is 2.25 bits per heavy atom. The number of methoxy groups -OCH3 is 1. The van der Waals surface area contributed by atoms with Crippen LogP contribution in [0.1, 0.15) is 34.1 Å². The average Bonchev–Trinajstić information content (AvgIpc) is 2.53. The quantitative estimate of drug-likeness (QED) is 0.465. The Kier molecular flexibility index (Phi) is 13.5. The SMILES string of the molecule is COCCOCCOC(=O)NCCC(NCC(C)C)C(=O)C(C)C. The van der Waals surface area contributed by atoms with Crippen molar-refractivity contribution < 1.29 is 23.8 Å². The lowest BCUT2D eigenvalue weighted by Gasteiger charge is -2.21. The van der Waals surface area contributed by atoms with Crippen molar-refractivity contribution in [2.75, 3.05) is 46.6 Å². The number of ether oxygens (including phenoxy) is 3. The van der Waals surface area contributed by atoms with E-state index in [1.165, 1.54) is 0 Å². The highest BCUT2D eigenvalue weighted by molar-refractivity contribution is 5.85. The monoisotopic (exact) mass is 346 g/mol. The van der Waals surface area contributed by atoms with E-state index in [9.17, 15) is 9.59 Å². The molecule has 24 heavy (non-hydrogen) atoms. The molecule has 7 heteroatoms. The van der Waals surface area contributed by atoms with Crippen LogP contribution in [0, 0.1) is 11.8 Å². The first-order chi connectivity index (χ1) is 11.4. The van der Waals surface area contributed by atoms with E-state index in [-0.39, 0.29) is 24.3 Å². The molecule has 0 aromatic heterocycles. The molecular weight excluding hydrogens is 312 g/mol. The van der Waals surface area contributed by atoms with E-state index in [4.69, 9.17) is 14.2 Å². The van der Waals surface area contributed by atoms with E-state index in [0.717, 1.165) is 6.54 Å². The molecular formula is C17H34N2O5. The molecule has 0 aliphatic carbocycles. The van der Waals surface area contributed by atoms with E-state index in [0.29, 0.717) is 38.7 Å². The Morgan fingerprint density at radius 1 is 1.00 bits per heavy atom. The maximum Gasteiger partial charge on any atom is 0.407 e. The summed E-state index contributed by atoms with van der Waals surface area (Å²) in [5.41, 5.74) is 0. The molecule has 0 aliphatic rings. The summed E-state index contributed by atoms with van der Waals surface area (Å²) < 4.78 is 15.0. The fourth-order valence-corrected chi connectivity index (χ4v) is 1.93. The van der Waals surface area contributed by atoms with Gasteiger partial charge in [0.1, 0.15) is 6.61 Å². The van der Waals surface area contributed by atoms with E-state index >= 15 is 0 Å². The van der Waals surface area contributed by atoms with Crippen molar-refractivity contribution in [3.05, 3.63) is 0 Å². The van der Waals surface area contributed by atoms with Crippen LogP contribution >= 0.6 is 0 Å². The minimum atomic E-state index is -0.495. The molecule has 1 amide bonds. The number of hydrogen-bond acceptors (Lipinski definition) is 6. The second-order valence-electron chi connectivity index (χ2n) is 6.37. The summed E-state index contributed by atoms with van der Waals surface area (Å²) >= 11 is 0. The predicted molar refractivity (Wildman–Crippen MR) is 93.1 cm³/mol. The van der Waals surface area contributed by atoms with Crippen molar-refractivity contribution in [3.8, 4) is 0 Å². The summed E-state index contributed by atoms with van der Waals surface area (Å²) in [5.74, 6) is 0.590. The largest absolute Gasteiger partial charge is 0.447 e. The lowest BCUT2D eigenvalue weighted by atomic mass is 9.98. The third-order valence-electron chi connectivity index (χ3n) is 3.28. The van der Waals surface area contributed by atoms with Crippen molar-refractivity contribution in [1.29, 1.82) is 0 Å². The van der Waals surface area contributed by atoms with Gasteiger partial charge in [-0.25, -0.2) is 4.79 Å². The Labute approximate surface area is 145 Å². The number of carbonyl (C=O) groups is 2. The molecule has 0 saturated carbocycles. The van der Waals surface area contributed by atoms with Gasteiger partial charge in [-0.3, -0.25) is 4.79 Å². The Balaban J connectivity index is 3.95. The minimum Gasteiger partial charge on any atom is -0.447 e. The van der Waals surface area contributed by atoms with Gasteiger partial charge in [0.25, 0.3) is 0 Å². The summed E-state index contributed by atoms with van der Waals surface area (Å²) in [4.78, 5) is 23.8. The van der Waals surface area contributed by atoms with Gasteiger partial charge in [-0.05, 0) is 18.9 Å². The van der Waals surface area contributed by atoms with Gasteiger partial charge in [0, 0.05) is 19.6 Å². The molecule has 0 fully saturated rings. The zero-order valence-electron chi connectivity index (χ0n) is 15.7. The molecule has 7 nitrogen and oxygen atoms in total. The molecule has 0 aromatic rings. The lowest BCUT2D eigenvalue weighted by molar-refractivity contribution is -0.124. The molecule has 0 spiro atoms. The van der Waals surface area contributed by atoms with Gasteiger partial charge < -0.3 is 24.8 Å². The highest BCUT2D eigenvalue weighted by Gasteiger charge is 2.20.